The Labute approximate surface area is 117 Å². The van der Waals surface area contributed by atoms with Gasteiger partial charge in [0.25, 0.3) is 0 Å². The monoisotopic (exact) mass is 256 g/mol. The van der Waals surface area contributed by atoms with Crippen molar-refractivity contribution >= 4 is 0 Å². The molecular weight excluding hydrogens is 232 g/mol. The molecule has 0 spiro atoms. The summed E-state index contributed by atoms with van der Waals surface area (Å²) in [5, 5.41) is 0. The van der Waals surface area contributed by atoms with Gasteiger partial charge in [-0.05, 0) is 43.6 Å². The fourth-order valence-corrected chi connectivity index (χ4v) is 2.61. The van der Waals surface area contributed by atoms with Gasteiger partial charge in [0.2, 0.25) is 0 Å². The molecule has 2 nitrogen and oxygen atoms in total. The highest BCUT2D eigenvalue weighted by molar-refractivity contribution is 5.30. The summed E-state index contributed by atoms with van der Waals surface area (Å²) in [6.07, 6.45) is 6.19. The molecule has 0 bridgehead atoms. The molecule has 1 aromatic heterocycles. The van der Waals surface area contributed by atoms with Crippen molar-refractivity contribution in [2.45, 2.75) is 66.2 Å². The molecular formula is C17H24N2. The van der Waals surface area contributed by atoms with Gasteiger partial charge in [-0.2, -0.15) is 0 Å². The van der Waals surface area contributed by atoms with Crippen molar-refractivity contribution in [1.82, 2.24) is 9.97 Å². The number of unbranched alkanes of at least 4 members (excludes halogenated alkanes) is 1. The van der Waals surface area contributed by atoms with Gasteiger partial charge in [-0.15, -0.1) is 5.92 Å². The molecule has 2 heteroatoms. The summed E-state index contributed by atoms with van der Waals surface area (Å²) in [5.41, 5.74) is 4.19. The van der Waals surface area contributed by atoms with E-state index in [1.807, 2.05) is 0 Å². The van der Waals surface area contributed by atoms with E-state index in [1.54, 1.807) is 0 Å². The number of aromatic nitrogens is 2. The third kappa shape index (κ3) is 3.56. The molecule has 0 unspecified atom stereocenters. The van der Waals surface area contributed by atoms with Crippen molar-refractivity contribution < 1.29 is 0 Å². The smallest absolute Gasteiger partial charge is 0.140 e. The molecule has 102 valence electrons. The number of fused-ring (bicyclic) bond motifs is 1. The minimum atomic E-state index is 0.392. The van der Waals surface area contributed by atoms with Crippen LogP contribution in [0.25, 0.3) is 0 Å². The van der Waals surface area contributed by atoms with Crippen LogP contribution in [0.2, 0.25) is 0 Å². The van der Waals surface area contributed by atoms with Crippen molar-refractivity contribution in [3.63, 3.8) is 0 Å². The van der Waals surface area contributed by atoms with Gasteiger partial charge in [-0.3, -0.25) is 0 Å². The normalized spacial score (nSPS) is 16.4. The molecule has 0 radical (unpaired) electrons. The summed E-state index contributed by atoms with van der Waals surface area (Å²) < 4.78 is 0. The lowest BCUT2D eigenvalue weighted by Crippen LogP contribution is -2.25. The second-order valence-corrected chi connectivity index (χ2v) is 6.27. The maximum Gasteiger partial charge on any atom is 0.140 e. The molecule has 0 amide bonds. The van der Waals surface area contributed by atoms with E-state index in [4.69, 9.17) is 4.98 Å². The van der Waals surface area contributed by atoms with Crippen molar-refractivity contribution in [2.75, 3.05) is 0 Å². The van der Waals surface area contributed by atoms with Crippen LogP contribution in [0.3, 0.4) is 0 Å². The number of aryl methyl sites for hydroxylation is 2. The predicted molar refractivity (Wildman–Crippen MR) is 79.0 cm³/mol. The Bertz CT molecular complexity index is 518. The van der Waals surface area contributed by atoms with Crippen molar-refractivity contribution in [2.24, 2.45) is 5.41 Å². The number of nitrogens with zero attached hydrogens (tertiary/aromatic N) is 2. The molecule has 0 aromatic carbocycles. The topological polar surface area (TPSA) is 25.8 Å². The minimum Gasteiger partial charge on any atom is -0.237 e. The summed E-state index contributed by atoms with van der Waals surface area (Å²) in [4.78, 5) is 9.36. The Hall–Kier alpha value is -1.36. The van der Waals surface area contributed by atoms with Gasteiger partial charge in [0.1, 0.15) is 5.82 Å². The molecule has 1 heterocycles. The maximum atomic E-state index is 4.72. The van der Waals surface area contributed by atoms with E-state index in [2.05, 4.69) is 44.5 Å². The first-order valence-corrected chi connectivity index (χ1v) is 7.33. The summed E-state index contributed by atoms with van der Waals surface area (Å²) >= 11 is 0. The Morgan fingerprint density at radius 3 is 2.74 bits per heavy atom. The zero-order valence-corrected chi connectivity index (χ0v) is 12.6. The SMILES string of the molecule is CCCC#CCc1nc(C)c2c(n1)CCC(C)(C)C2. The van der Waals surface area contributed by atoms with Crippen molar-refractivity contribution in [1.29, 1.82) is 0 Å². The van der Waals surface area contributed by atoms with Crippen LogP contribution < -0.4 is 0 Å². The average Bonchev–Trinajstić information content (AvgIpc) is 2.35. The van der Waals surface area contributed by atoms with Gasteiger partial charge in [0.05, 0.1) is 6.42 Å². The summed E-state index contributed by atoms with van der Waals surface area (Å²) in [5.74, 6) is 7.25. The molecule has 19 heavy (non-hydrogen) atoms. The molecule has 0 aliphatic heterocycles. The number of hydrogen-bond acceptors (Lipinski definition) is 2. The summed E-state index contributed by atoms with van der Waals surface area (Å²) in [7, 11) is 0. The van der Waals surface area contributed by atoms with E-state index in [1.165, 1.54) is 17.7 Å². The van der Waals surface area contributed by atoms with E-state index >= 15 is 0 Å². The largest absolute Gasteiger partial charge is 0.237 e. The Balaban J connectivity index is 2.19. The van der Waals surface area contributed by atoms with E-state index < -0.39 is 0 Å². The first kappa shape index (κ1) is 14.1. The number of rotatable bonds is 2. The van der Waals surface area contributed by atoms with Crippen LogP contribution in [0, 0.1) is 24.2 Å². The predicted octanol–water partition coefficient (Wildman–Crippen LogP) is 3.65. The van der Waals surface area contributed by atoms with Crippen LogP contribution in [0.1, 0.15) is 62.8 Å². The molecule has 0 fully saturated rings. The van der Waals surface area contributed by atoms with E-state index in [9.17, 15) is 0 Å². The van der Waals surface area contributed by atoms with Gasteiger partial charge < -0.3 is 0 Å². The third-order valence-electron chi connectivity index (χ3n) is 3.79. The van der Waals surface area contributed by atoms with Crippen molar-refractivity contribution in [3.8, 4) is 11.8 Å². The quantitative estimate of drug-likeness (QED) is 0.755. The zero-order valence-electron chi connectivity index (χ0n) is 12.6. The van der Waals surface area contributed by atoms with Gasteiger partial charge in [-0.1, -0.05) is 26.7 Å². The Kier molecular flexibility index (Phi) is 4.24. The third-order valence-corrected chi connectivity index (χ3v) is 3.79. The molecule has 1 aliphatic rings. The molecule has 1 aliphatic carbocycles. The van der Waals surface area contributed by atoms with E-state index in [0.29, 0.717) is 11.8 Å². The van der Waals surface area contributed by atoms with E-state index in [-0.39, 0.29) is 0 Å². The van der Waals surface area contributed by atoms with Crippen LogP contribution in [0.4, 0.5) is 0 Å². The van der Waals surface area contributed by atoms with Crippen LogP contribution in [-0.2, 0) is 19.3 Å². The number of hydrogen-bond donors (Lipinski definition) is 0. The zero-order chi connectivity index (χ0) is 13.9. The first-order valence-electron chi connectivity index (χ1n) is 7.33. The lowest BCUT2D eigenvalue weighted by atomic mass is 9.75. The minimum absolute atomic E-state index is 0.392. The first-order chi connectivity index (χ1) is 9.02. The van der Waals surface area contributed by atoms with Gasteiger partial charge >= 0.3 is 0 Å². The van der Waals surface area contributed by atoms with Crippen LogP contribution >= 0.6 is 0 Å². The van der Waals surface area contributed by atoms with Crippen LogP contribution in [-0.4, -0.2) is 9.97 Å². The van der Waals surface area contributed by atoms with Gasteiger partial charge in [0, 0.05) is 17.8 Å². The second-order valence-electron chi connectivity index (χ2n) is 6.27. The molecule has 1 aromatic rings. The molecule has 0 saturated heterocycles. The highest BCUT2D eigenvalue weighted by Crippen LogP contribution is 2.34. The summed E-state index contributed by atoms with van der Waals surface area (Å²) in [6, 6.07) is 0. The highest BCUT2D eigenvalue weighted by Gasteiger charge is 2.27. The summed E-state index contributed by atoms with van der Waals surface area (Å²) in [6.45, 7) is 8.93. The van der Waals surface area contributed by atoms with Gasteiger partial charge in [-0.25, -0.2) is 9.97 Å². The molecule has 0 atom stereocenters. The molecule has 0 saturated carbocycles. The fourth-order valence-electron chi connectivity index (χ4n) is 2.61. The van der Waals surface area contributed by atoms with Crippen LogP contribution in [0.5, 0.6) is 0 Å². The Morgan fingerprint density at radius 2 is 2.00 bits per heavy atom. The molecule has 2 rings (SSSR count). The average molecular weight is 256 g/mol. The second kappa shape index (κ2) is 5.74. The Morgan fingerprint density at radius 1 is 1.21 bits per heavy atom. The lowest BCUT2D eigenvalue weighted by Gasteiger charge is -2.31. The highest BCUT2D eigenvalue weighted by atomic mass is 14.9. The maximum absolute atomic E-state index is 4.72. The van der Waals surface area contributed by atoms with Gasteiger partial charge in [0.15, 0.2) is 0 Å². The van der Waals surface area contributed by atoms with E-state index in [0.717, 1.165) is 37.2 Å². The van der Waals surface area contributed by atoms with Crippen LogP contribution in [0.15, 0.2) is 0 Å². The fraction of sp³-hybridized carbons (Fsp3) is 0.647. The lowest BCUT2D eigenvalue weighted by molar-refractivity contribution is 0.310. The molecule has 0 N–H and O–H groups in total. The standard InChI is InChI=1S/C17H24N2/c1-5-6-7-8-9-16-18-13(2)14-12-17(3,4)11-10-15(14)19-16/h5-6,9-12H2,1-4H3. The van der Waals surface area contributed by atoms with Crippen molar-refractivity contribution in [3.05, 3.63) is 22.8 Å².